The van der Waals surface area contributed by atoms with Crippen molar-refractivity contribution in [3.63, 3.8) is 0 Å². The number of hydrogen-bond acceptors (Lipinski definition) is 3. The Balaban J connectivity index is 2.13. The van der Waals surface area contributed by atoms with Crippen LogP contribution in [0.3, 0.4) is 0 Å². The van der Waals surface area contributed by atoms with Gasteiger partial charge in [0.1, 0.15) is 17.6 Å². The zero-order chi connectivity index (χ0) is 21.4. The molecule has 7 heteroatoms. The lowest BCUT2D eigenvalue weighted by atomic mass is 10.1. The number of rotatable bonds is 9. The van der Waals surface area contributed by atoms with Crippen molar-refractivity contribution in [3.05, 3.63) is 63.5 Å². The van der Waals surface area contributed by atoms with Crippen LogP contribution >= 0.6 is 22.6 Å². The number of ether oxygens (including phenoxy) is 1. The molecule has 29 heavy (non-hydrogen) atoms. The lowest BCUT2D eigenvalue weighted by Gasteiger charge is -2.29. The van der Waals surface area contributed by atoms with Gasteiger partial charge in [0.05, 0.1) is 0 Å². The van der Waals surface area contributed by atoms with E-state index in [0.29, 0.717) is 5.75 Å². The molecule has 1 N–H and O–H groups in total. The van der Waals surface area contributed by atoms with Crippen LogP contribution in [-0.4, -0.2) is 35.4 Å². The van der Waals surface area contributed by atoms with Crippen LogP contribution in [0.15, 0.2) is 48.5 Å². The van der Waals surface area contributed by atoms with Gasteiger partial charge in [0.25, 0.3) is 5.91 Å². The van der Waals surface area contributed by atoms with E-state index in [0.717, 1.165) is 15.6 Å². The highest BCUT2D eigenvalue weighted by Gasteiger charge is 2.27. The summed E-state index contributed by atoms with van der Waals surface area (Å²) >= 11 is 2.19. The first kappa shape index (κ1) is 23.1. The molecule has 0 bridgehead atoms. The van der Waals surface area contributed by atoms with Crippen LogP contribution in [0.1, 0.15) is 32.8 Å². The van der Waals surface area contributed by atoms with Gasteiger partial charge in [-0.3, -0.25) is 9.59 Å². The second-order valence-corrected chi connectivity index (χ2v) is 8.13. The number of benzene rings is 2. The van der Waals surface area contributed by atoms with Crippen molar-refractivity contribution in [2.45, 2.75) is 45.8 Å². The summed E-state index contributed by atoms with van der Waals surface area (Å²) in [5.74, 6) is -0.322. The first-order valence-electron chi connectivity index (χ1n) is 9.52. The van der Waals surface area contributed by atoms with Gasteiger partial charge in [0, 0.05) is 16.2 Å². The van der Waals surface area contributed by atoms with Gasteiger partial charge < -0.3 is 15.0 Å². The van der Waals surface area contributed by atoms with Crippen molar-refractivity contribution in [1.29, 1.82) is 0 Å². The van der Waals surface area contributed by atoms with E-state index < -0.39 is 6.04 Å². The Bertz CT molecular complexity index is 812. The van der Waals surface area contributed by atoms with Crippen molar-refractivity contribution >= 4 is 34.4 Å². The van der Waals surface area contributed by atoms with Crippen LogP contribution in [0.4, 0.5) is 4.39 Å². The molecular weight excluding hydrogens is 486 g/mol. The SMILES string of the molecule is CC[C@H](C)NC(=O)[C@@H](C)N(Cc1ccc(F)cc1)C(=O)COc1ccc(I)cc1. The fourth-order valence-electron chi connectivity index (χ4n) is 2.59. The zero-order valence-electron chi connectivity index (χ0n) is 16.8. The Morgan fingerprint density at radius 1 is 1.10 bits per heavy atom. The second kappa shape index (κ2) is 11.1. The minimum absolute atomic E-state index is 0.00997. The maximum absolute atomic E-state index is 13.2. The number of halogens is 2. The molecule has 2 rings (SSSR count). The molecule has 2 aromatic carbocycles. The molecule has 156 valence electrons. The van der Waals surface area contributed by atoms with Gasteiger partial charge in [-0.25, -0.2) is 4.39 Å². The van der Waals surface area contributed by atoms with Crippen LogP contribution < -0.4 is 10.1 Å². The molecule has 2 amide bonds. The summed E-state index contributed by atoms with van der Waals surface area (Å²) in [4.78, 5) is 27.0. The molecule has 2 atom stereocenters. The van der Waals surface area contributed by atoms with E-state index in [-0.39, 0.29) is 36.8 Å². The van der Waals surface area contributed by atoms with Crippen molar-refractivity contribution in [3.8, 4) is 5.75 Å². The minimum Gasteiger partial charge on any atom is -0.484 e. The molecule has 0 heterocycles. The minimum atomic E-state index is -0.693. The average molecular weight is 512 g/mol. The smallest absolute Gasteiger partial charge is 0.261 e. The van der Waals surface area contributed by atoms with E-state index in [1.807, 2.05) is 26.0 Å². The number of hydrogen-bond donors (Lipinski definition) is 1. The highest BCUT2D eigenvalue weighted by molar-refractivity contribution is 14.1. The molecule has 0 aromatic heterocycles. The van der Waals surface area contributed by atoms with Crippen LogP contribution in [0, 0.1) is 9.39 Å². The second-order valence-electron chi connectivity index (χ2n) is 6.88. The first-order valence-corrected chi connectivity index (χ1v) is 10.6. The normalized spacial score (nSPS) is 12.7. The molecule has 0 aliphatic carbocycles. The standard InChI is InChI=1S/C22H26FIN2O3/c1-4-15(2)25-22(28)16(3)26(13-17-5-7-18(23)8-6-17)21(27)14-29-20-11-9-19(24)10-12-20/h5-12,15-16H,4,13-14H2,1-3H3,(H,25,28)/t15-,16+/m0/s1. The van der Waals surface area contributed by atoms with Crippen LogP contribution in [0.25, 0.3) is 0 Å². The first-order chi connectivity index (χ1) is 13.8. The predicted molar refractivity (Wildman–Crippen MR) is 119 cm³/mol. The Morgan fingerprint density at radius 2 is 1.72 bits per heavy atom. The molecule has 0 spiro atoms. The van der Waals surface area contributed by atoms with Crippen LogP contribution in [0.2, 0.25) is 0 Å². The summed E-state index contributed by atoms with van der Waals surface area (Å²) in [6.45, 7) is 5.57. The Kier molecular flexibility index (Phi) is 8.88. The predicted octanol–water partition coefficient (Wildman–Crippen LogP) is 4.14. The maximum Gasteiger partial charge on any atom is 0.261 e. The van der Waals surface area contributed by atoms with Gasteiger partial charge in [0.15, 0.2) is 6.61 Å². The Labute approximate surface area is 184 Å². The molecule has 0 radical (unpaired) electrons. The Hall–Kier alpha value is -2.16. The van der Waals surface area contributed by atoms with E-state index in [1.165, 1.54) is 17.0 Å². The van der Waals surface area contributed by atoms with Crippen molar-refractivity contribution in [2.75, 3.05) is 6.61 Å². The maximum atomic E-state index is 13.2. The lowest BCUT2D eigenvalue weighted by molar-refractivity contribution is -0.142. The number of carbonyl (C=O) groups is 2. The molecule has 0 fully saturated rings. The topological polar surface area (TPSA) is 58.6 Å². The van der Waals surface area contributed by atoms with E-state index in [4.69, 9.17) is 4.74 Å². The third-order valence-electron chi connectivity index (χ3n) is 4.61. The third-order valence-corrected chi connectivity index (χ3v) is 5.33. The molecule has 0 unspecified atom stereocenters. The molecule has 0 aliphatic heterocycles. The highest BCUT2D eigenvalue weighted by Crippen LogP contribution is 2.15. The molecular formula is C22H26FIN2O3. The van der Waals surface area contributed by atoms with E-state index >= 15 is 0 Å². The molecule has 5 nitrogen and oxygen atoms in total. The molecule has 2 aromatic rings. The zero-order valence-corrected chi connectivity index (χ0v) is 19.0. The van der Waals surface area contributed by atoms with Gasteiger partial charge in [-0.1, -0.05) is 19.1 Å². The van der Waals surface area contributed by atoms with Gasteiger partial charge in [-0.05, 0) is 84.8 Å². The monoisotopic (exact) mass is 512 g/mol. The summed E-state index contributed by atoms with van der Waals surface area (Å²) in [5.41, 5.74) is 0.734. The van der Waals surface area contributed by atoms with Gasteiger partial charge in [-0.2, -0.15) is 0 Å². The largest absolute Gasteiger partial charge is 0.484 e. The average Bonchev–Trinajstić information content (AvgIpc) is 2.72. The number of carbonyl (C=O) groups excluding carboxylic acids is 2. The highest BCUT2D eigenvalue weighted by atomic mass is 127. The number of nitrogens with zero attached hydrogens (tertiary/aromatic N) is 1. The van der Waals surface area contributed by atoms with E-state index in [1.54, 1.807) is 31.2 Å². The third kappa shape index (κ3) is 7.30. The summed E-state index contributed by atoms with van der Waals surface area (Å²) in [6, 6.07) is 12.6. The van der Waals surface area contributed by atoms with E-state index in [9.17, 15) is 14.0 Å². The fourth-order valence-corrected chi connectivity index (χ4v) is 2.95. The van der Waals surface area contributed by atoms with Crippen molar-refractivity contribution in [2.24, 2.45) is 0 Å². The van der Waals surface area contributed by atoms with Crippen LogP contribution in [0.5, 0.6) is 5.75 Å². The number of nitrogens with one attached hydrogen (secondary N) is 1. The number of amides is 2. The summed E-state index contributed by atoms with van der Waals surface area (Å²) in [6.07, 6.45) is 0.792. The summed E-state index contributed by atoms with van der Waals surface area (Å²) in [5, 5.41) is 2.91. The van der Waals surface area contributed by atoms with Gasteiger partial charge >= 0.3 is 0 Å². The molecule has 0 saturated heterocycles. The molecule has 0 aliphatic rings. The van der Waals surface area contributed by atoms with Crippen molar-refractivity contribution < 1.29 is 18.7 Å². The summed E-state index contributed by atoms with van der Waals surface area (Å²) in [7, 11) is 0. The van der Waals surface area contributed by atoms with Crippen LogP contribution in [-0.2, 0) is 16.1 Å². The molecule has 0 saturated carbocycles. The summed E-state index contributed by atoms with van der Waals surface area (Å²) < 4.78 is 19.9. The Morgan fingerprint density at radius 3 is 2.31 bits per heavy atom. The van der Waals surface area contributed by atoms with E-state index in [2.05, 4.69) is 27.9 Å². The van der Waals surface area contributed by atoms with Crippen molar-refractivity contribution in [1.82, 2.24) is 10.2 Å². The van der Waals surface area contributed by atoms with Gasteiger partial charge in [0.2, 0.25) is 5.91 Å². The van der Waals surface area contributed by atoms with Gasteiger partial charge in [-0.15, -0.1) is 0 Å². The lowest BCUT2D eigenvalue weighted by Crippen LogP contribution is -2.50. The fraction of sp³-hybridized carbons (Fsp3) is 0.364. The quantitative estimate of drug-likeness (QED) is 0.514.